The van der Waals surface area contributed by atoms with E-state index < -0.39 is 11.7 Å². The molecule has 0 amide bonds. The Morgan fingerprint density at radius 1 is 1.00 bits per heavy atom. The number of nitrogens with zero attached hydrogens (tertiary/aromatic N) is 2. The molecule has 5 nitrogen and oxygen atoms in total. The molecule has 2 saturated heterocycles. The Balaban J connectivity index is 1.26. The fourth-order valence-corrected chi connectivity index (χ4v) is 4.71. The van der Waals surface area contributed by atoms with E-state index in [9.17, 15) is 13.2 Å². The SMILES string of the molecule is CC1(C)OB(c2ccc(SN3CCC(Nc4ccc(C(F)(F)F)cn4)CC3)cc2)OC1(C)C. The van der Waals surface area contributed by atoms with Gasteiger partial charge in [0, 0.05) is 30.2 Å². The maximum Gasteiger partial charge on any atom is 0.494 e. The normalized spacial score (nSPS) is 21.4. The van der Waals surface area contributed by atoms with Gasteiger partial charge >= 0.3 is 13.3 Å². The summed E-state index contributed by atoms with van der Waals surface area (Å²) < 4.78 is 52.6. The lowest BCUT2D eigenvalue weighted by Gasteiger charge is -2.32. The third-order valence-electron chi connectivity index (χ3n) is 6.54. The van der Waals surface area contributed by atoms with Crippen LogP contribution in [-0.4, -0.2) is 46.7 Å². The molecule has 3 heterocycles. The Hall–Kier alpha value is -1.75. The molecule has 4 rings (SSSR count). The molecule has 0 bridgehead atoms. The van der Waals surface area contributed by atoms with E-state index in [1.165, 1.54) is 6.07 Å². The average molecular weight is 479 g/mol. The smallest absolute Gasteiger partial charge is 0.399 e. The molecule has 0 saturated carbocycles. The largest absolute Gasteiger partial charge is 0.494 e. The molecule has 1 aromatic carbocycles. The van der Waals surface area contributed by atoms with Gasteiger partial charge in [0.15, 0.2) is 0 Å². The Bertz CT molecular complexity index is 931. The first kappa shape index (κ1) is 24.4. The highest BCUT2D eigenvalue weighted by Gasteiger charge is 2.51. The van der Waals surface area contributed by atoms with Gasteiger partial charge in [0.2, 0.25) is 0 Å². The number of nitrogens with one attached hydrogen (secondary N) is 1. The van der Waals surface area contributed by atoms with Gasteiger partial charge in [-0.3, -0.25) is 0 Å². The zero-order chi connectivity index (χ0) is 23.9. The van der Waals surface area contributed by atoms with Crippen molar-refractivity contribution in [3.8, 4) is 0 Å². The minimum absolute atomic E-state index is 0.192. The van der Waals surface area contributed by atoms with Crippen LogP contribution in [0.25, 0.3) is 0 Å². The molecule has 0 unspecified atom stereocenters. The summed E-state index contributed by atoms with van der Waals surface area (Å²) in [6.45, 7) is 9.93. The van der Waals surface area contributed by atoms with E-state index in [0.29, 0.717) is 5.82 Å². The van der Waals surface area contributed by atoms with E-state index in [1.807, 2.05) is 27.7 Å². The van der Waals surface area contributed by atoms with E-state index in [2.05, 4.69) is 38.9 Å². The number of hydrogen-bond donors (Lipinski definition) is 1. The lowest BCUT2D eigenvalue weighted by molar-refractivity contribution is -0.137. The van der Waals surface area contributed by atoms with Gasteiger partial charge in [0.1, 0.15) is 5.82 Å². The minimum atomic E-state index is -4.36. The number of anilines is 1. The van der Waals surface area contributed by atoms with Gasteiger partial charge in [-0.25, -0.2) is 9.29 Å². The van der Waals surface area contributed by atoms with E-state index in [0.717, 1.165) is 48.6 Å². The van der Waals surface area contributed by atoms with E-state index in [1.54, 1.807) is 11.9 Å². The predicted molar refractivity (Wildman–Crippen MR) is 125 cm³/mol. The minimum Gasteiger partial charge on any atom is -0.399 e. The van der Waals surface area contributed by atoms with Gasteiger partial charge in [0.05, 0.1) is 16.8 Å². The number of pyridine rings is 1. The highest BCUT2D eigenvalue weighted by atomic mass is 32.2. The monoisotopic (exact) mass is 479 g/mol. The second-order valence-corrected chi connectivity index (χ2v) is 10.7. The standard InChI is InChI=1S/C23H29BF3N3O2S/c1-21(2)22(3,4)32-24(31-21)17-6-8-19(9-7-17)33-30-13-11-18(12-14-30)29-20-10-5-16(15-28-20)23(25,26)27/h5-10,15,18H,11-14H2,1-4H3,(H,28,29). The number of benzene rings is 1. The Morgan fingerprint density at radius 3 is 2.12 bits per heavy atom. The third kappa shape index (κ3) is 5.67. The summed E-state index contributed by atoms with van der Waals surface area (Å²) in [5, 5.41) is 3.25. The molecule has 10 heteroatoms. The molecule has 2 fully saturated rings. The summed E-state index contributed by atoms with van der Waals surface area (Å²) in [7, 11) is -0.366. The molecule has 2 aliphatic rings. The fourth-order valence-electron chi connectivity index (χ4n) is 3.76. The van der Waals surface area contributed by atoms with Crippen molar-refractivity contribution in [1.29, 1.82) is 0 Å². The first-order valence-electron chi connectivity index (χ1n) is 11.1. The van der Waals surface area contributed by atoms with Crippen LogP contribution in [0.15, 0.2) is 47.5 Å². The predicted octanol–water partition coefficient (Wildman–Crippen LogP) is 4.98. The lowest BCUT2D eigenvalue weighted by atomic mass is 9.79. The highest BCUT2D eigenvalue weighted by Crippen LogP contribution is 2.36. The van der Waals surface area contributed by atoms with Crippen LogP contribution in [0.5, 0.6) is 0 Å². The Morgan fingerprint density at radius 2 is 1.61 bits per heavy atom. The summed E-state index contributed by atoms with van der Waals surface area (Å²) >= 11 is 1.71. The lowest BCUT2D eigenvalue weighted by Crippen LogP contribution is -2.41. The molecule has 1 N–H and O–H groups in total. The van der Waals surface area contributed by atoms with Gasteiger partial charge in [-0.2, -0.15) is 13.2 Å². The molecule has 178 valence electrons. The van der Waals surface area contributed by atoms with Gasteiger partial charge in [-0.15, -0.1) is 0 Å². The maximum absolute atomic E-state index is 12.7. The number of piperidine rings is 1. The first-order valence-corrected chi connectivity index (χ1v) is 11.9. The first-order chi connectivity index (χ1) is 15.4. The summed E-state index contributed by atoms with van der Waals surface area (Å²) in [4.78, 5) is 5.06. The molecule has 0 radical (unpaired) electrons. The van der Waals surface area contributed by atoms with Crippen molar-refractivity contribution in [3.63, 3.8) is 0 Å². The van der Waals surface area contributed by atoms with Crippen molar-refractivity contribution in [1.82, 2.24) is 9.29 Å². The van der Waals surface area contributed by atoms with Crippen LogP contribution >= 0.6 is 11.9 Å². The van der Waals surface area contributed by atoms with E-state index in [-0.39, 0.29) is 24.4 Å². The number of hydrogen-bond acceptors (Lipinski definition) is 6. The van der Waals surface area contributed by atoms with Crippen molar-refractivity contribution in [3.05, 3.63) is 48.2 Å². The zero-order valence-corrected chi connectivity index (χ0v) is 20.1. The molecular formula is C23H29BF3N3O2S. The molecular weight excluding hydrogens is 450 g/mol. The van der Waals surface area contributed by atoms with Crippen molar-refractivity contribution < 1.29 is 22.5 Å². The number of aromatic nitrogens is 1. The zero-order valence-electron chi connectivity index (χ0n) is 19.3. The number of rotatable bonds is 5. The van der Waals surface area contributed by atoms with E-state index >= 15 is 0 Å². The van der Waals surface area contributed by atoms with Gasteiger partial charge in [-0.1, -0.05) is 12.1 Å². The summed E-state index contributed by atoms with van der Waals surface area (Å²) in [5.74, 6) is 0.479. The van der Waals surface area contributed by atoms with Crippen LogP contribution in [0.2, 0.25) is 0 Å². The van der Waals surface area contributed by atoms with E-state index in [4.69, 9.17) is 9.31 Å². The number of halogens is 3. The van der Waals surface area contributed by atoms with Crippen LogP contribution in [0, 0.1) is 0 Å². The second-order valence-electron chi connectivity index (χ2n) is 9.53. The molecule has 0 spiro atoms. The highest BCUT2D eigenvalue weighted by molar-refractivity contribution is 7.97. The second kappa shape index (κ2) is 9.13. The average Bonchev–Trinajstić information content (AvgIpc) is 2.97. The molecule has 2 aromatic rings. The Kier molecular flexibility index (Phi) is 6.75. The molecule has 33 heavy (non-hydrogen) atoms. The van der Waals surface area contributed by atoms with Crippen molar-refractivity contribution >= 4 is 30.3 Å². The maximum atomic E-state index is 12.7. The van der Waals surface area contributed by atoms with Crippen LogP contribution in [0.4, 0.5) is 19.0 Å². The van der Waals surface area contributed by atoms with Crippen molar-refractivity contribution in [2.45, 2.75) is 68.9 Å². The Labute approximate surface area is 197 Å². The van der Waals surface area contributed by atoms with Crippen LogP contribution in [0.3, 0.4) is 0 Å². The molecule has 0 atom stereocenters. The van der Waals surface area contributed by atoms with Crippen molar-refractivity contribution in [2.75, 3.05) is 18.4 Å². The van der Waals surface area contributed by atoms with Crippen LogP contribution < -0.4 is 10.8 Å². The fraction of sp³-hybridized carbons (Fsp3) is 0.522. The topological polar surface area (TPSA) is 46.6 Å². The third-order valence-corrected chi connectivity index (χ3v) is 7.64. The van der Waals surface area contributed by atoms with Crippen molar-refractivity contribution in [2.24, 2.45) is 0 Å². The van der Waals surface area contributed by atoms with Gasteiger partial charge in [0.25, 0.3) is 0 Å². The van der Waals surface area contributed by atoms with Crippen LogP contribution in [0.1, 0.15) is 46.1 Å². The summed E-state index contributed by atoms with van der Waals surface area (Å²) in [5.41, 5.74) is -0.452. The van der Waals surface area contributed by atoms with Gasteiger partial charge in [-0.05, 0) is 82.2 Å². The summed E-state index contributed by atoms with van der Waals surface area (Å²) in [6.07, 6.45) is -1.71. The summed E-state index contributed by atoms with van der Waals surface area (Å²) in [6, 6.07) is 10.9. The quantitative estimate of drug-likeness (QED) is 0.482. The number of alkyl halides is 3. The van der Waals surface area contributed by atoms with Crippen LogP contribution in [-0.2, 0) is 15.5 Å². The molecule has 0 aliphatic carbocycles. The van der Waals surface area contributed by atoms with Gasteiger partial charge < -0.3 is 14.6 Å². The molecule has 2 aliphatic heterocycles. The molecule has 1 aromatic heterocycles.